The summed E-state index contributed by atoms with van der Waals surface area (Å²) in [5.74, 6) is 0.441. The highest BCUT2D eigenvalue weighted by atomic mass is 32.2. The second-order valence-electron chi connectivity index (χ2n) is 10.0. The Bertz CT molecular complexity index is 1700. The Hall–Kier alpha value is -3.66. The number of benzene rings is 4. The van der Waals surface area contributed by atoms with Crippen LogP contribution in [0.4, 0.5) is 0 Å². The highest BCUT2D eigenvalue weighted by Gasteiger charge is 2.23. The van der Waals surface area contributed by atoms with E-state index in [9.17, 15) is 21.4 Å². The van der Waals surface area contributed by atoms with Crippen molar-refractivity contribution < 1.29 is 30.3 Å². The van der Waals surface area contributed by atoms with Gasteiger partial charge in [0.2, 0.25) is 0 Å². The first-order valence-corrected chi connectivity index (χ1v) is 16.2. The number of rotatable bonds is 13. The zero-order valence-corrected chi connectivity index (χ0v) is 24.7. The van der Waals surface area contributed by atoms with E-state index in [-0.39, 0.29) is 22.1 Å². The summed E-state index contributed by atoms with van der Waals surface area (Å²) in [6.45, 7) is 4.04. The van der Waals surface area contributed by atoms with E-state index in [1.54, 1.807) is 48.5 Å². The molecule has 0 heterocycles. The predicted octanol–water partition coefficient (Wildman–Crippen LogP) is 6.85. The summed E-state index contributed by atoms with van der Waals surface area (Å²) in [5, 5.41) is 0. The summed E-state index contributed by atoms with van der Waals surface area (Å²) in [6.07, 6.45) is 3.10. The molecule has 0 bridgehead atoms. The Morgan fingerprint density at radius 2 is 1.17 bits per heavy atom. The Morgan fingerprint density at radius 1 is 0.634 bits per heavy atom. The summed E-state index contributed by atoms with van der Waals surface area (Å²) in [4.78, 5) is 0.0358. The van der Waals surface area contributed by atoms with E-state index in [0.29, 0.717) is 42.6 Å². The van der Waals surface area contributed by atoms with Crippen molar-refractivity contribution in [3.05, 3.63) is 119 Å². The number of hydrogen-bond donors (Lipinski definition) is 1. The van der Waals surface area contributed by atoms with Gasteiger partial charge in [0, 0.05) is 0 Å². The van der Waals surface area contributed by atoms with Crippen LogP contribution in [0.3, 0.4) is 0 Å². The minimum atomic E-state index is -4.30. The van der Waals surface area contributed by atoms with Crippen LogP contribution in [0, 0.1) is 13.8 Å². The van der Waals surface area contributed by atoms with Gasteiger partial charge in [-0.05, 0) is 80.5 Å². The lowest BCUT2D eigenvalue weighted by Gasteiger charge is -2.15. The van der Waals surface area contributed by atoms with E-state index < -0.39 is 20.2 Å². The molecule has 0 radical (unpaired) electrons. The van der Waals surface area contributed by atoms with Crippen LogP contribution in [0.25, 0.3) is 0 Å². The standard InChI is InChI=1S/C32H34O7S2/c1-24-17-19-31(40(33,34)35)27(21-24)13-7-4-8-14-28-22-25(2)18-20-32(28)41(36,37)39-30-16-10-9-15-29(30)38-23-26-11-5-3-6-12-26/h3,5-6,9-12,15-22H,4,7-8,13-14,23H2,1-2H3,(H,33,34,35). The summed E-state index contributed by atoms with van der Waals surface area (Å²) < 4.78 is 71.4. The van der Waals surface area contributed by atoms with E-state index >= 15 is 0 Å². The molecule has 0 amide bonds. The van der Waals surface area contributed by atoms with Gasteiger partial charge in [0.15, 0.2) is 11.5 Å². The van der Waals surface area contributed by atoms with Crippen molar-refractivity contribution in [2.75, 3.05) is 0 Å². The van der Waals surface area contributed by atoms with Gasteiger partial charge in [-0.2, -0.15) is 16.8 Å². The molecular formula is C32H34O7S2. The van der Waals surface area contributed by atoms with Gasteiger partial charge in [-0.3, -0.25) is 4.55 Å². The van der Waals surface area contributed by atoms with Crippen molar-refractivity contribution in [2.45, 2.75) is 62.3 Å². The van der Waals surface area contributed by atoms with Gasteiger partial charge in [-0.15, -0.1) is 0 Å². The van der Waals surface area contributed by atoms with Crippen molar-refractivity contribution in [1.29, 1.82) is 0 Å². The van der Waals surface area contributed by atoms with E-state index in [1.165, 1.54) is 6.07 Å². The molecule has 0 saturated carbocycles. The Balaban J connectivity index is 1.43. The monoisotopic (exact) mass is 594 g/mol. The molecule has 4 rings (SSSR count). The number of ether oxygens (including phenoxy) is 1. The van der Waals surface area contributed by atoms with Gasteiger partial charge in [0.05, 0.1) is 4.90 Å². The summed E-state index contributed by atoms with van der Waals surface area (Å²) >= 11 is 0. The van der Waals surface area contributed by atoms with Crippen molar-refractivity contribution in [2.24, 2.45) is 0 Å². The third-order valence-corrected chi connectivity index (χ3v) is 8.95. The third kappa shape index (κ3) is 8.42. The van der Waals surface area contributed by atoms with Crippen LogP contribution in [0.15, 0.2) is 101 Å². The first-order chi connectivity index (χ1) is 19.5. The van der Waals surface area contributed by atoms with E-state index in [4.69, 9.17) is 8.92 Å². The molecule has 0 aliphatic heterocycles. The van der Waals surface area contributed by atoms with Crippen molar-refractivity contribution >= 4 is 20.2 Å². The molecule has 0 atom stereocenters. The topological polar surface area (TPSA) is 107 Å². The summed E-state index contributed by atoms with van der Waals surface area (Å²) in [7, 11) is -8.45. The fourth-order valence-electron chi connectivity index (χ4n) is 4.65. The first-order valence-electron chi connectivity index (χ1n) is 13.4. The maximum absolute atomic E-state index is 13.4. The van der Waals surface area contributed by atoms with Crippen LogP contribution in [0.5, 0.6) is 11.5 Å². The van der Waals surface area contributed by atoms with Crippen LogP contribution in [-0.4, -0.2) is 21.4 Å². The normalized spacial score (nSPS) is 11.8. The molecule has 9 heteroatoms. The molecule has 41 heavy (non-hydrogen) atoms. The molecular weight excluding hydrogens is 560 g/mol. The van der Waals surface area contributed by atoms with Crippen molar-refractivity contribution in [1.82, 2.24) is 0 Å². The lowest BCUT2D eigenvalue weighted by molar-refractivity contribution is 0.296. The molecule has 0 aliphatic rings. The Kier molecular flexibility index (Phi) is 9.86. The SMILES string of the molecule is Cc1ccc(S(=O)(=O)O)c(CCCCCc2cc(C)ccc2S(=O)(=O)Oc2ccccc2OCc2ccccc2)c1. The summed E-state index contributed by atoms with van der Waals surface area (Å²) in [6, 6.07) is 26.3. The molecule has 0 fully saturated rings. The number of aryl methyl sites for hydroxylation is 4. The number of para-hydroxylation sites is 2. The smallest absolute Gasteiger partial charge is 0.339 e. The average molecular weight is 595 g/mol. The molecule has 4 aromatic rings. The molecule has 0 aliphatic carbocycles. The van der Waals surface area contributed by atoms with E-state index in [2.05, 4.69) is 0 Å². The lowest BCUT2D eigenvalue weighted by Crippen LogP contribution is -2.13. The largest absolute Gasteiger partial charge is 0.485 e. The molecule has 0 spiro atoms. The van der Waals surface area contributed by atoms with Crippen LogP contribution < -0.4 is 8.92 Å². The second kappa shape index (κ2) is 13.3. The van der Waals surface area contributed by atoms with Gasteiger partial charge in [0.1, 0.15) is 11.5 Å². The van der Waals surface area contributed by atoms with Crippen LogP contribution in [0.2, 0.25) is 0 Å². The molecule has 0 aromatic heterocycles. The van der Waals surface area contributed by atoms with Crippen LogP contribution >= 0.6 is 0 Å². The van der Waals surface area contributed by atoms with Gasteiger partial charge in [-0.25, -0.2) is 0 Å². The minimum absolute atomic E-state index is 0.0691. The fraction of sp³-hybridized carbons (Fsp3) is 0.250. The highest BCUT2D eigenvalue weighted by molar-refractivity contribution is 7.87. The van der Waals surface area contributed by atoms with Gasteiger partial charge in [-0.1, -0.05) is 84.3 Å². The quantitative estimate of drug-likeness (QED) is 0.102. The van der Waals surface area contributed by atoms with E-state index in [1.807, 2.05) is 50.2 Å². The molecule has 7 nitrogen and oxygen atoms in total. The Labute approximate surface area is 242 Å². The molecule has 0 unspecified atom stereocenters. The van der Waals surface area contributed by atoms with E-state index in [0.717, 1.165) is 23.1 Å². The molecule has 216 valence electrons. The minimum Gasteiger partial charge on any atom is -0.485 e. The second-order valence-corrected chi connectivity index (χ2v) is 12.9. The number of hydrogen-bond acceptors (Lipinski definition) is 6. The fourth-order valence-corrected chi connectivity index (χ4v) is 6.56. The average Bonchev–Trinajstić information content (AvgIpc) is 2.92. The van der Waals surface area contributed by atoms with Gasteiger partial charge in [0.25, 0.3) is 10.1 Å². The van der Waals surface area contributed by atoms with Crippen LogP contribution in [0.1, 0.15) is 47.1 Å². The molecule has 0 saturated heterocycles. The predicted molar refractivity (Wildman–Crippen MR) is 158 cm³/mol. The zero-order chi connectivity index (χ0) is 29.5. The Morgan fingerprint density at radius 3 is 1.78 bits per heavy atom. The first kappa shape index (κ1) is 30.3. The molecule has 4 aromatic carbocycles. The number of unbranched alkanes of at least 4 members (excludes halogenated alkanes) is 2. The van der Waals surface area contributed by atoms with Crippen LogP contribution in [-0.2, 0) is 39.7 Å². The highest BCUT2D eigenvalue weighted by Crippen LogP contribution is 2.32. The van der Waals surface area contributed by atoms with Gasteiger partial charge < -0.3 is 8.92 Å². The lowest BCUT2D eigenvalue weighted by atomic mass is 10.0. The van der Waals surface area contributed by atoms with Crippen molar-refractivity contribution in [3.8, 4) is 11.5 Å². The zero-order valence-electron chi connectivity index (χ0n) is 23.1. The van der Waals surface area contributed by atoms with Gasteiger partial charge >= 0.3 is 10.1 Å². The maximum atomic E-state index is 13.4. The van der Waals surface area contributed by atoms with Crippen molar-refractivity contribution in [3.63, 3.8) is 0 Å². The maximum Gasteiger partial charge on any atom is 0.339 e. The third-order valence-electron chi connectivity index (χ3n) is 6.66. The summed E-state index contributed by atoms with van der Waals surface area (Å²) in [5.41, 5.74) is 4.02. The molecule has 1 N–H and O–H groups in total.